The van der Waals surface area contributed by atoms with Gasteiger partial charge in [0.15, 0.2) is 0 Å². The minimum atomic E-state index is -0.915. The monoisotopic (exact) mass is 371 g/mol. The molecule has 0 bridgehead atoms. The van der Waals surface area contributed by atoms with Crippen molar-refractivity contribution in [1.82, 2.24) is 0 Å². The first kappa shape index (κ1) is 19.9. The summed E-state index contributed by atoms with van der Waals surface area (Å²) in [4.78, 5) is 34.4. The van der Waals surface area contributed by atoms with Gasteiger partial charge in [-0.25, -0.2) is 0 Å². The van der Waals surface area contributed by atoms with Crippen molar-refractivity contribution in [2.24, 2.45) is 0 Å². The number of nitrogens with one attached hydrogen (secondary N) is 2. The molecule has 8 nitrogen and oxygen atoms in total. The van der Waals surface area contributed by atoms with Crippen molar-refractivity contribution < 1.29 is 19.2 Å². The van der Waals surface area contributed by atoms with E-state index in [1.54, 1.807) is 12.1 Å². The lowest BCUT2D eigenvalue weighted by molar-refractivity contribution is -0.384. The molecule has 0 unspecified atom stereocenters. The third-order valence-corrected chi connectivity index (χ3v) is 3.86. The second-order valence-electron chi connectivity index (χ2n) is 6.88. The Morgan fingerprint density at radius 2 is 1.59 bits per heavy atom. The number of nitro groups is 1. The van der Waals surface area contributed by atoms with Gasteiger partial charge in [0, 0.05) is 11.8 Å². The van der Waals surface area contributed by atoms with E-state index >= 15 is 0 Å². The zero-order valence-corrected chi connectivity index (χ0v) is 15.5. The number of methoxy groups -OCH3 is 1. The Kier molecular flexibility index (Phi) is 5.79. The Labute approximate surface area is 156 Å². The third-order valence-electron chi connectivity index (χ3n) is 3.86. The number of nitro benzene ring substituents is 1. The fraction of sp³-hybridized carbons (Fsp3) is 0.263. The van der Waals surface area contributed by atoms with Crippen molar-refractivity contribution in [2.45, 2.75) is 26.2 Å². The van der Waals surface area contributed by atoms with E-state index in [4.69, 9.17) is 4.74 Å². The van der Waals surface area contributed by atoms with Crippen molar-refractivity contribution in [3.05, 3.63) is 58.1 Å². The van der Waals surface area contributed by atoms with Crippen LogP contribution in [-0.2, 0) is 15.0 Å². The minimum absolute atomic E-state index is 0.0214. The van der Waals surface area contributed by atoms with Gasteiger partial charge in [-0.15, -0.1) is 0 Å². The van der Waals surface area contributed by atoms with Crippen LogP contribution in [0.4, 0.5) is 17.1 Å². The zero-order valence-electron chi connectivity index (χ0n) is 15.5. The number of hydrogen-bond donors (Lipinski definition) is 2. The predicted molar refractivity (Wildman–Crippen MR) is 102 cm³/mol. The maximum Gasteiger partial charge on any atom is 0.314 e. The maximum atomic E-state index is 12.1. The molecule has 0 heterocycles. The number of non-ortho nitro benzene ring substituents is 1. The van der Waals surface area contributed by atoms with Crippen LogP contribution in [-0.4, -0.2) is 23.8 Å². The van der Waals surface area contributed by atoms with Crippen molar-refractivity contribution in [2.75, 3.05) is 17.7 Å². The molecule has 0 aromatic heterocycles. The average Bonchev–Trinajstić information content (AvgIpc) is 2.61. The van der Waals surface area contributed by atoms with E-state index in [-0.39, 0.29) is 22.5 Å². The van der Waals surface area contributed by atoms with Crippen molar-refractivity contribution in [3.63, 3.8) is 0 Å². The van der Waals surface area contributed by atoms with Crippen molar-refractivity contribution in [3.8, 4) is 5.75 Å². The number of rotatable bonds is 4. The second-order valence-corrected chi connectivity index (χ2v) is 6.88. The Morgan fingerprint density at radius 3 is 2.11 bits per heavy atom. The van der Waals surface area contributed by atoms with Gasteiger partial charge in [-0.1, -0.05) is 32.9 Å². The fourth-order valence-corrected chi connectivity index (χ4v) is 2.32. The van der Waals surface area contributed by atoms with E-state index in [9.17, 15) is 19.7 Å². The van der Waals surface area contributed by atoms with Crippen molar-refractivity contribution >= 4 is 28.9 Å². The molecule has 0 aliphatic carbocycles. The predicted octanol–water partition coefficient (Wildman–Crippen LogP) is 3.48. The van der Waals surface area contributed by atoms with Gasteiger partial charge in [0.05, 0.1) is 23.8 Å². The molecule has 8 heteroatoms. The van der Waals surface area contributed by atoms with Gasteiger partial charge in [0.25, 0.3) is 5.69 Å². The van der Waals surface area contributed by atoms with E-state index < -0.39 is 16.7 Å². The summed E-state index contributed by atoms with van der Waals surface area (Å²) in [5, 5.41) is 15.7. The SMILES string of the molecule is COc1cc([N+](=O)[O-])ccc1NC(=O)C(=O)Nc1ccc(C(C)(C)C)cc1. The van der Waals surface area contributed by atoms with Crippen LogP contribution < -0.4 is 15.4 Å². The Morgan fingerprint density at radius 1 is 1.00 bits per heavy atom. The summed E-state index contributed by atoms with van der Waals surface area (Å²) >= 11 is 0. The molecule has 27 heavy (non-hydrogen) atoms. The van der Waals surface area contributed by atoms with Gasteiger partial charge in [0.1, 0.15) is 5.75 Å². The molecule has 2 aromatic carbocycles. The lowest BCUT2D eigenvalue weighted by Crippen LogP contribution is -2.29. The number of nitrogens with zero attached hydrogens (tertiary/aromatic N) is 1. The summed E-state index contributed by atoms with van der Waals surface area (Å²) in [7, 11) is 1.31. The summed E-state index contributed by atoms with van der Waals surface area (Å²) in [6.45, 7) is 6.23. The minimum Gasteiger partial charge on any atom is -0.494 e. The fourth-order valence-electron chi connectivity index (χ4n) is 2.32. The van der Waals surface area contributed by atoms with E-state index in [0.717, 1.165) is 5.56 Å². The van der Waals surface area contributed by atoms with Crippen LogP contribution in [0.25, 0.3) is 0 Å². The number of carbonyl (C=O) groups is 2. The normalized spacial score (nSPS) is 10.8. The molecule has 142 valence electrons. The van der Waals surface area contributed by atoms with Gasteiger partial charge in [-0.05, 0) is 29.2 Å². The number of ether oxygens (including phenoxy) is 1. The molecule has 0 spiro atoms. The molecule has 2 aromatic rings. The smallest absolute Gasteiger partial charge is 0.314 e. The number of anilines is 2. The van der Waals surface area contributed by atoms with E-state index in [1.807, 2.05) is 12.1 Å². The first-order chi connectivity index (χ1) is 12.6. The van der Waals surface area contributed by atoms with Crippen LogP contribution in [0.15, 0.2) is 42.5 Å². The molecule has 0 fully saturated rings. The summed E-state index contributed by atoms with van der Waals surface area (Å²) < 4.78 is 5.03. The molecule has 0 radical (unpaired) electrons. The molecule has 2 rings (SSSR count). The van der Waals surface area contributed by atoms with Crippen LogP contribution in [0.1, 0.15) is 26.3 Å². The Hall–Kier alpha value is -3.42. The molecule has 0 saturated heterocycles. The molecule has 0 saturated carbocycles. The molecule has 0 aliphatic heterocycles. The van der Waals surface area contributed by atoms with Crippen LogP contribution in [0.2, 0.25) is 0 Å². The first-order valence-corrected chi connectivity index (χ1v) is 8.17. The van der Waals surface area contributed by atoms with Crippen LogP contribution >= 0.6 is 0 Å². The van der Waals surface area contributed by atoms with Crippen LogP contribution in [0.5, 0.6) is 5.75 Å². The van der Waals surface area contributed by atoms with Crippen LogP contribution in [0, 0.1) is 10.1 Å². The highest BCUT2D eigenvalue weighted by molar-refractivity contribution is 6.43. The summed E-state index contributed by atoms with van der Waals surface area (Å²) in [6, 6.07) is 10.9. The van der Waals surface area contributed by atoms with Gasteiger partial charge in [-0.3, -0.25) is 19.7 Å². The van der Waals surface area contributed by atoms with Crippen LogP contribution in [0.3, 0.4) is 0 Å². The standard InChI is InChI=1S/C19H21N3O5/c1-19(2,3)12-5-7-13(8-6-12)20-17(23)18(24)21-15-10-9-14(22(25)26)11-16(15)27-4/h5-11H,1-4H3,(H,20,23)(H,21,24). The molecular weight excluding hydrogens is 350 g/mol. The number of hydrogen-bond acceptors (Lipinski definition) is 5. The summed E-state index contributed by atoms with van der Waals surface area (Å²) in [5.74, 6) is -1.69. The molecule has 0 aliphatic rings. The molecule has 2 N–H and O–H groups in total. The quantitative estimate of drug-likeness (QED) is 0.486. The van der Waals surface area contributed by atoms with Gasteiger partial charge in [-0.2, -0.15) is 0 Å². The average molecular weight is 371 g/mol. The Balaban J connectivity index is 2.08. The highest BCUT2D eigenvalue weighted by Crippen LogP contribution is 2.29. The topological polar surface area (TPSA) is 111 Å². The van der Waals surface area contributed by atoms with E-state index in [0.29, 0.717) is 5.69 Å². The van der Waals surface area contributed by atoms with E-state index in [1.165, 1.54) is 25.3 Å². The number of amides is 2. The zero-order chi connectivity index (χ0) is 20.2. The lowest BCUT2D eigenvalue weighted by atomic mass is 9.87. The van der Waals surface area contributed by atoms with Gasteiger partial charge in [0.2, 0.25) is 0 Å². The Bertz CT molecular complexity index is 870. The summed E-state index contributed by atoms with van der Waals surface area (Å²) in [6.07, 6.45) is 0. The largest absolute Gasteiger partial charge is 0.494 e. The summed E-state index contributed by atoms with van der Waals surface area (Å²) in [5.41, 5.74) is 1.53. The lowest BCUT2D eigenvalue weighted by Gasteiger charge is -2.19. The molecule has 2 amide bonds. The first-order valence-electron chi connectivity index (χ1n) is 8.17. The number of benzene rings is 2. The van der Waals surface area contributed by atoms with Gasteiger partial charge < -0.3 is 15.4 Å². The second kappa shape index (κ2) is 7.86. The third kappa shape index (κ3) is 5.04. The highest BCUT2D eigenvalue weighted by atomic mass is 16.6. The van der Waals surface area contributed by atoms with Gasteiger partial charge >= 0.3 is 11.8 Å². The van der Waals surface area contributed by atoms with E-state index in [2.05, 4.69) is 31.4 Å². The maximum absolute atomic E-state index is 12.1. The van der Waals surface area contributed by atoms with Crippen molar-refractivity contribution in [1.29, 1.82) is 0 Å². The molecule has 0 atom stereocenters. The number of carbonyl (C=O) groups excluding carboxylic acids is 2. The highest BCUT2D eigenvalue weighted by Gasteiger charge is 2.19. The molecular formula is C19H21N3O5.